The standard InChI is InChI=1S/C19H24N2O6/c1-4-5-10-20-17(23)12-7-9-14(22)21(12)18-11-6-8-13(25-2)16(26-3)15(11)19(24)27-18/h6,8,12,18H,4-5,7,9-10H2,1-3H3,(H,20,23)/t12-,18+/m1/s1. The molecule has 2 heterocycles. The minimum absolute atomic E-state index is 0.217. The van der Waals surface area contributed by atoms with Crippen molar-refractivity contribution in [1.29, 1.82) is 0 Å². The molecule has 146 valence electrons. The van der Waals surface area contributed by atoms with Crippen LogP contribution in [0.25, 0.3) is 0 Å². The van der Waals surface area contributed by atoms with Crippen LogP contribution >= 0.6 is 0 Å². The lowest BCUT2D eigenvalue weighted by atomic mass is 10.1. The van der Waals surface area contributed by atoms with Gasteiger partial charge in [0.2, 0.25) is 18.0 Å². The van der Waals surface area contributed by atoms with Gasteiger partial charge in [-0.3, -0.25) is 14.5 Å². The van der Waals surface area contributed by atoms with Gasteiger partial charge in [-0.1, -0.05) is 13.3 Å². The number of hydrogen-bond acceptors (Lipinski definition) is 6. The fourth-order valence-corrected chi connectivity index (χ4v) is 3.55. The minimum atomic E-state index is -0.941. The highest BCUT2D eigenvalue weighted by atomic mass is 16.6. The highest BCUT2D eigenvalue weighted by Crippen LogP contribution is 2.45. The molecule has 0 unspecified atom stereocenters. The van der Waals surface area contributed by atoms with Crippen LogP contribution < -0.4 is 14.8 Å². The number of amides is 2. The molecule has 8 heteroatoms. The molecule has 8 nitrogen and oxygen atoms in total. The third-order valence-corrected chi connectivity index (χ3v) is 4.91. The molecule has 1 aromatic rings. The maximum atomic E-state index is 12.6. The fraction of sp³-hybridized carbons (Fsp3) is 0.526. The van der Waals surface area contributed by atoms with Gasteiger partial charge in [0, 0.05) is 18.5 Å². The van der Waals surface area contributed by atoms with Crippen molar-refractivity contribution in [1.82, 2.24) is 10.2 Å². The summed E-state index contributed by atoms with van der Waals surface area (Å²) in [5.41, 5.74) is 0.728. The number of esters is 1. The van der Waals surface area contributed by atoms with E-state index in [1.165, 1.54) is 19.1 Å². The number of methoxy groups -OCH3 is 2. The molecular formula is C19H24N2O6. The lowest BCUT2D eigenvalue weighted by Gasteiger charge is -2.29. The van der Waals surface area contributed by atoms with Gasteiger partial charge in [-0.15, -0.1) is 0 Å². The number of hydrogen-bond donors (Lipinski definition) is 1. The Labute approximate surface area is 157 Å². The van der Waals surface area contributed by atoms with E-state index in [1.807, 2.05) is 6.92 Å². The number of cyclic esters (lactones) is 1. The van der Waals surface area contributed by atoms with Crippen molar-refractivity contribution in [3.63, 3.8) is 0 Å². The Balaban J connectivity index is 1.91. The number of unbranched alkanes of at least 4 members (excludes halogenated alkanes) is 1. The van der Waals surface area contributed by atoms with Crippen LogP contribution in [0.15, 0.2) is 12.1 Å². The molecule has 3 rings (SSSR count). The molecule has 0 aromatic heterocycles. The molecule has 0 bridgehead atoms. The highest BCUT2D eigenvalue weighted by molar-refractivity contribution is 5.99. The molecule has 0 saturated carbocycles. The first-order valence-electron chi connectivity index (χ1n) is 9.08. The zero-order chi connectivity index (χ0) is 19.6. The van der Waals surface area contributed by atoms with Crippen molar-refractivity contribution >= 4 is 17.8 Å². The zero-order valence-electron chi connectivity index (χ0n) is 15.7. The van der Waals surface area contributed by atoms with Crippen LogP contribution in [0.2, 0.25) is 0 Å². The number of nitrogens with one attached hydrogen (secondary N) is 1. The predicted octanol–water partition coefficient (Wildman–Crippen LogP) is 1.78. The number of carbonyl (C=O) groups excluding carboxylic acids is 3. The smallest absolute Gasteiger partial charge is 0.344 e. The summed E-state index contributed by atoms with van der Waals surface area (Å²) < 4.78 is 16.0. The number of benzene rings is 1. The van der Waals surface area contributed by atoms with Crippen molar-refractivity contribution in [3.8, 4) is 11.5 Å². The van der Waals surface area contributed by atoms with Crippen LogP contribution in [0.5, 0.6) is 11.5 Å². The van der Waals surface area contributed by atoms with Gasteiger partial charge in [0.1, 0.15) is 11.6 Å². The van der Waals surface area contributed by atoms with Gasteiger partial charge < -0.3 is 19.5 Å². The van der Waals surface area contributed by atoms with Crippen molar-refractivity contribution in [2.24, 2.45) is 0 Å². The molecule has 1 fully saturated rings. The number of rotatable bonds is 7. The fourth-order valence-electron chi connectivity index (χ4n) is 3.55. The van der Waals surface area contributed by atoms with E-state index < -0.39 is 18.2 Å². The third-order valence-electron chi connectivity index (χ3n) is 4.91. The Morgan fingerprint density at radius 2 is 2.07 bits per heavy atom. The molecule has 0 spiro atoms. The van der Waals surface area contributed by atoms with Crippen LogP contribution in [0.3, 0.4) is 0 Å². The van der Waals surface area contributed by atoms with E-state index in [-0.39, 0.29) is 29.5 Å². The second-order valence-electron chi connectivity index (χ2n) is 6.52. The lowest BCUT2D eigenvalue weighted by Crippen LogP contribution is -2.46. The monoisotopic (exact) mass is 376 g/mol. The average molecular weight is 376 g/mol. The third kappa shape index (κ3) is 3.31. The van der Waals surface area contributed by atoms with Crippen molar-refractivity contribution < 1.29 is 28.6 Å². The molecule has 1 aromatic carbocycles. The zero-order valence-corrected chi connectivity index (χ0v) is 15.7. The molecule has 2 aliphatic rings. The molecule has 0 aliphatic carbocycles. The van der Waals surface area contributed by atoms with Crippen molar-refractivity contribution in [3.05, 3.63) is 23.3 Å². The SMILES string of the molecule is CCCCNC(=O)[C@H]1CCC(=O)N1[C@H]1OC(=O)c2c1ccc(OC)c2OC. The highest BCUT2D eigenvalue weighted by Gasteiger charge is 2.47. The lowest BCUT2D eigenvalue weighted by molar-refractivity contribution is -0.145. The molecular weight excluding hydrogens is 352 g/mol. The van der Waals surface area contributed by atoms with Crippen LogP contribution in [0, 0.1) is 0 Å². The number of nitrogens with zero attached hydrogens (tertiary/aromatic N) is 1. The van der Waals surface area contributed by atoms with Crippen LogP contribution in [0.1, 0.15) is 54.8 Å². The minimum Gasteiger partial charge on any atom is -0.493 e. The summed E-state index contributed by atoms with van der Waals surface area (Å²) in [7, 11) is 2.91. The Kier molecular flexibility index (Phi) is 5.53. The predicted molar refractivity (Wildman–Crippen MR) is 95.5 cm³/mol. The maximum Gasteiger partial charge on any atom is 0.344 e. The van der Waals surface area contributed by atoms with E-state index in [0.717, 1.165) is 12.8 Å². The Morgan fingerprint density at radius 3 is 2.74 bits per heavy atom. The van der Waals surface area contributed by atoms with Gasteiger partial charge in [0.15, 0.2) is 11.5 Å². The number of ether oxygens (including phenoxy) is 3. The van der Waals surface area contributed by atoms with E-state index in [2.05, 4.69) is 5.32 Å². The first-order chi connectivity index (χ1) is 13.0. The molecule has 0 radical (unpaired) electrons. The van der Waals surface area contributed by atoms with Gasteiger partial charge in [-0.25, -0.2) is 4.79 Å². The summed E-state index contributed by atoms with van der Waals surface area (Å²) in [5.74, 6) is -0.380. The molecule has 1 saturated heterocycles. The second-order valence-corrected chi connectivity index (χ2v) is 6.52. The number of carbonyl (C=O) groups is 3. The maximum absolute atomic E-state index is 12.6. The van der Waals surface area contributed by atoms with E-state index >= 15 is 0 Å². The van der Waals surface area contributed by atoms with E-state index in [9.17, 15) is 14.4 Å². The Bertz CT molecular complexity index is 763. The van der Waals surface area contributed by atoms with E-state index in [4.69, 9.17) is 14.2 Å². The topological polar surface area (TPSA) is 94.2 Å². The quantitative estimate of drug-likeness (QED) is 0.576. The summed E-state index contributed by atoms with van der Waals surface area (Å²) in [6.07, 6.45) is 1.52. The van der Waals surface area contributed by atoms with Gasteiger partial charge in [-0.05, 0) is 25.0 Å². The number of likely N-dealkylation sites (tertiary alicyclic amines) is 1. The first-order valence-corrected chi connectivity index (χ1v) is 9.08. The van der Waals surface area contributed by atoms with Crippen LogP contribution in [-0.4, -0.2) is 49.5 Å². The van der Waals surface area contributed by atoms with Gasteiger partial charge in [-0.2, -0.15) is 0 Å². The van der Waals surface area contributed by atoms with Gasteiger partial charge in [0.25, 0.3) is 0 Å². The summed E-state index contributed by atoms with van der Waals surface area (Å²) in [6.45, 7) is 2.59. The largest absolute Gasteiger partial charge is 0.493 e. The molecule has 2 atom stereocenters. The average Bonchev–Trinajstić information content (AvgIpc) is 3.21. The van der Waals surface area contributed by atoms with Crippen molar-refractivity contribution in [2.45, 2.75) is 44.9 Å². The van der Waals surface area contributed by atoms with Crippen molar-refractivity contribution in [2.75, 3.05) is 20.8 Å². The summed E-state index contributed by atoms with van der Waals surface area (Å²) in [6, 6.07) is 2.67. The van der Waals surface area contributed by atoms with Crippen LogP contribution in [-0.2, 0) is 14.3 Å². The van der Waals surface area contributed by atoms with Gasteiger partial charge >= 0.3 is 5.97 Å². The van der Waals surface area contributed by atoms with E-state index in [1.54, 1.807) is 12.1 Å². The molecule has 1 N–H and O–H groups in total. The normalized spacial score (nSPS) is 21.1. The second kappa shape index (κ2) is 7.85. The molecule has 2 aliphatic heterocycles. The Morgan fingerprint density at radius 1 is 1.30 bits per heavy atom. The summed E-state index contributed by atoms with van der Waals surface area (Å²) >= 11 is 0. The van der Waals surface area contributed by atoms with Crippen LogP contribution in [0.4, 0.5) is 0 Å². The van der Waals surface area contributed by atoms with Gasteiger partial charge in [0.05, 0.1) is 14.2 Å². The Hall–Kier alpha value is -2.77. The molecule has 2 amide bonds. The number of fused-ring (bicyclic) bond motifs is 1. The summed E-state index contributed by atoms with van der Waals surface area (Å²) in [4.78, 5) is 38.9. The molecule has 27 heavy (non-hydrogen) atoms. The van der Waals surface area contributed by atoms with E-state index in [0.29, 0.717) is 24.3 Å². The first kappa shape index (κ1) is 19.0. The summed E-state index contributed by atoms with van der Waals surface area (Å²) in [5, 5.41) is 2.86.